The van der Waals surface area contributed by atoms with Crippen LogP contribution in [0.2, 0.25) is 0 Å². The van der Waals surface area contributed by atoms with E-state index in [1.54, 1.807) is 0 Å². The predicted octanol–water partition coefficient (Wildman–Crippen LogP) is 4.41. The third-order valence-electron chi connectivity index (χ3n) is 4.70. The van der Waals surface area contributed by atoms with Gasteiger partial charge in [-0.2, -0.15) is 0 Å². The lowest BCUT2D eigenvalue weighted by Crippen LogP contribution is -2.26. The lowest BCUT2D eigenvalue weighted by molar-refractivity contribution is 0.297. The molecule has 0 unspecified atom stereocenters. The fourth-order valence-corrected chi connectivity index (χ4v) is 4.10. The van der Waals surface area contributed by atoms with Crippen LogP contribution in [0, 0.1) is 12.8 Å². The van der Waals surface area contributed by atoms with E-state index < -0.39 is 0 Å². The van der Waals surface area contributed by atoms with Crippen molar-refractivity contribution in [1.29, 1.82) is 0 Å². The second-order valence-electron chi connectivity index (χ2n) is 6.77. The first-order chi connectivity index (χ1) is 11.7. The minimum atomic E-state index is 0.247. The molecule has 2 heterocycles. The van der Waals surface area contributed by atoms with Gasteiger partial charge in [-0.05, 0) is 50.3 Å². The SMILES string of the molecule is Cc1cnc([C@@H](N[C@@H](C)c2ccc3c(c2)OCCCO3)C2CC2)s1. The Bertz CT molecular complexity index is 711. The van der Waals surface area contributed by atoms with Crippen molar-refractivity contribution in [3.63, 3.8) is 0 Å². The first kappa shape index (κ1) is 15.9. The molecule has 0 saturated heterocycles. The van der Waals surface area contributed by atoms with E-state index in [1.807, 2.05) is 23.6 Å². The fraction of sp³-hybridized carbons (Fsp3) is 0.526. The molecular formula is C19H24N2O2S. The van der Waals surface area contributed by atoms with Crippen LogP contribution in [0.25, 0.3) is 0 Å². The van der Waals surface area contributed by atoms with Crippen LogP contribution in [0.1, 0.15) is 53.7 Å². The molecule has 24 heavy (non-hydrogen) atoms. The Morgan fingerprint density at radius 1 is 1.21 bits per heavy atom. The summed E-state index contributed by atoms with van der Waals surface area (Å²) in [5, 5.41) is 5.02. The van der Waals surface area contributed by atoms with Gasteiger partial charge in [0.25, 0.3) is 0 Å². The molecule has 5 heteroatoms. The molecule has 1 aliphatic carbocycles. The van der Waals surface area contributed by atoms with Crippen LogP contribution in [0.3, 0.4) is 0 Å². The molecular weight excluding hydrogens is 320 g/mol. The van der Waals surface area contributed by atoms with Crippen molar-refractivity contribution in [3.05, 3.63) is 39.8 Å². The number of ether oxygens (including phenoxy) is 2. The van der Waals surface area contributed by atoms with Crippen molar-refractivity contribution in [3.8, 4) is 11.5 Å². The number of aromatic nitrogens is 1. The Kier molecular flexibility index (Phi) is 4.46. The molecule has 1 aliphatic heterocycles. The van der Waals surface area contributed by atoms with E-state index in [4.69, 9.17) is 9.47 Å². The second-order valence-corrected chi connectivity index (χ2v) is 8.04. The molecule has 128 valence electrons. The van der Waals surface area contributed by atoms with Crippen LogP contribution in [-0.4, -0.2) is 18.2 Å². The Morgan fingerprint density at radius 3 is 2.71 bits per heavy atom. The monoisotopic (exact) mass is 344 g/mol. The van der Waals surface area contributed by atoms with Gasteiger partial charge in [-0.25, -0.2) is 4.98 Å². The summed E-state index contributed by atoms with van der Waals surface area (Å²) >= 11 is 1.81. The second kappa shape index (κ2) is 6.73. The van der Waals surface area contributed by atoms with Gasteiger partial charge in [0.15, 0.2) is 11.5 Å². The number of benzene rings is 1. The van der Waals surface area contributed by atoms with Gasteiger partial charge in [0.1, 0.15) is 5.01 Å². The van der Waals surface area contributed by atoms with Gasteiger partial charge in [-0.15, -0.1) is 11.3 Å². The first-order valence-electron chi connectivity index (χ1n) is 8.78. The van der Waals surface area contributed by atoms with Crippen molar-refractivity contribution < 1.29 is 9.47 Å². The van der Waals surface area contributed by atoms with Gasteiger partial charge >= 0.3 is 0 Å². The summed E-state index contributed by atoms with van der Waals surface area (Å²) in [6, 6.07) is 6.90. The Labute approximate surface area is 147 Å². The number of hydrogen-bond acceptors (Lipinski definition) is 5. The van der Waals surface area contributed by atoms with E-state index in [9.17, 15) is 0 Å². The van der Waals surface area contributed by atoms with E-state index in [0.717, 1.165) is 37.1 Å². The lowest BCUT2D eigenvalue weighted by Gasteiger charge is -2.22. The maximum Gasteiger partial charge on any atom is 0.161 e. The fourth-order valence-electron chi connectivity index (χ4n) is 3.17. The zero-order valence-electron chi connectivity index (χ0n) is 14.2. The molecule has 1 N–H and O–H groups in total. The van der Waals surface area contributed by atoms with E-state index >= 15 is 0 Å². The smallest absolute Gasteiger partial charge is 0.161 e. The van der Waals surface area contributed by atoms with Crippen molar-refractivity contribution in [2.24, 2.45) is 5.92 Å². The Hall–Kier alpha value is -1.59. The van der Waals surface area contributed by atoms with Gasteiger partial charge in [-0.1, -0.05) is 6.07 Å². The maximum atomic E-state index is 5.83. The van der Waals surface area contributed by atoms with Gasteiger partial charge < -0.3 is 14.8 Å². The highest BCUT2D eigenvalue weighted by molar-refractivity contribution is 7.11. The van der Waals surface area contributed by atoms with Crippen LogP contribution < -0.4 is 14.8 Å². The number of rotatable bonds is 5. The van der Waals surface area contributed by atoms with Crippen molar-refractivity contribution in [1.82, 2.24) is 10.3 Å². The molecule has 4 nitrogen and oxygen atoms in total. The Balaban J connectivity index is 1.52. The molecule has 2 aromatic rings. The number of aryl methyl sites for hydroxylation is 1. The van der Waals surface area contributed by atoms with E-state index in [0.29, 0.717) is 6.04 Å². The summed E-state index contributed by atoms with van der Waals surface area (Å²) in [7, 11) is 0. The number of nitrogens with zero attached hydrogens (tertiary/aromatic N) is 1. The molecule has 1 fully saturated rings. The number of fused-ring (bicyclic) bond motifs is 1. The van der Waals surface area contributed by atoms with E-state index in [2.05, 4.69) is 36.3 Å². The third-order valence-corrected chi connectivity index (χ3v) is 5.70. The number of thiazole rings is 1. The number of nitrogens with one attached hydrogen (secondary N) is 1. The lowest BCUT2D eigenvalue weighted by atomic mass is 10.1. The molecule has 1 aromatic heterocycles. The molecule has 0 radical (unpaired) electrons. The van der Waals surface area contributed by atoms with Crippen LogP contribution in [0.5, 0.6) is 11.5 Å². The standard InChI is InChI=1S/C19H24N2O2S/c1-12-11-20-19(24-12)18(14-4-5-14)21-13(2)15-6-7-16-17(10-15)23-9-3-8-22-16/h6-7,10-11,13-14,18,21H,3-5,8-9H2,1-2H3/t13-,18-/m0/s1. The molecule has 1 saturated carbocycles. The topological polar surface area (TPSA) is 43.4 Å². The molecule has 0 spiro atoms. The zero-order chi connectivity index (χ0) is 16.5. The quantitative estimate of drug-likeness (QED) is 0.872. The van der Waals surface area contributed by atoms with Crippen LogP contribution in [0.4, 0.5) is 0 Å². The van der Waals surface area contributed by atoms with E-state index in [1.165, 1.54) is 28.3 Å². The summed E-state index contributed by atoms with van der Waals surface area (Å²) in [4.78, 5) is 5.90. The zero-order valence-corrected chi connectivity index (χ0v) is 15.1. The summed E-state index contributed by atoms with van der Waals surface area (Å²) < 4.78 is 11.6. The first-order valence-corrected chi connectivity index (χ1v) is 9.60. The molecule has 2 aliphatic rings. The molecule has 0 amide bonds. The minimum Gasteiger partial charge on any atom is -0.490 e. The minimum absolute atomic E-state index is 0.247. The summed E-state index contributed by atoms with van der Waals surface area (Å²) in [5.74, 6) is 2.45. The van der Waals surface area contributed by atoms with Gasteiger partial charge in [-0.3, -0.25) is 0 Å². The molecule has 2 atom stereocenters. The van der Waals surface area contributed by atoms with Crippen LogP contribution >= 0.6 is 11.3 Å². The van der Waals surface area contributed by atoms with Crippen molar-refractivity contribution >= 4 is 11.3 Å². The van der Waals surface area contributed by atoms with Gasteiger partial charge in [0, 0.05) is 23.5 Å². The van der Waals surface area contributed by atoms with Crippen LogP contribution in [-0.2, 0) is 0 Å². The average Bonchev–Trinajstić information content (AvgIpc) is 3.37. The summed E-state index contributed by atoms with van der Waals surface area (Å²) in [6.07, 6.45) is 5.51. The van der Waals surface area contributed by atoms with E-state index in [-0.39, 0.29) is 6.04 Å². The normalized spacial score (nSPS) is 19.6. The Morgan fingerprint density at radius 2 is 2.00 bits per heavy atom. The summed E-state index contributed by atoms with van der Waals surface area (Å²) in [6.45, 7) is 5.79. The predicted molar refractivity (Wildman–Crippen MR) is 95.9 cm³/mol. The molecule has 4 rings (SSSR count). The largest absolute Gasteiger partial charge is 0.490 e. The van der Waals surface area contributed by atoms with Crippen LogP contribution in [0.15, 0.2) is 24.4 Å². The van der Waals surface area contributed by atoms with Gasteiger partial charge in [0.2, 0.25) is 0 Å². The molecule has 1 aromatic carbocycles. The maximum absolute atomic E-state index is 5.83. The highest BCUT2D eigenvalue weighted by Crippen LogP contribution is 2.43. The summed E-state index contributed by atoms with van der Waals surface area (Å²) in [5.41, 5.74) is 1.23. The molecule has 0 bridgehead atoms. The van der Waals surface area contributed by atoms with Gasteiger partial charge in [0.05, 0.1) is 19.3 Å². The van der Waals surface area contributed by atoms with Crippen molar-refractivity contribution in [2.75, 3.05) is 13.2 Å². The third kappa shape index (κ3) is 3.42. The average molecular weight is 344 g/mol. The highest BCUT2D eigenvalue weighted by atomic mass is 32.1. The van der Waals surface area contributed by atoms with Crippen molar-refractivity contribution in [2.45, 2.75) is 45.2 Å². The number of hydrogen-bond donors (Lipinski definition) is 1. The highest BCUT2D eigenvalue weighted by Gasteiger charge is 2.35.